The molecule has 0 bridgehead atoms. The highest BCUT2D eigenvalue weighted by Crippen LogP contribution is 2.23. The van der Waals surface area contributed by atoms with Crippen LogP contribution in [0.3, 0.4) is 0 Å². The van der Waals surface area contributed by atoms with Gasteiger partial charge in [0.1, 0.15) is 17.8 Å². The monoisotopic (exact) mass is 314 g/mol. The fourth-order valence-corrected chi connectivity index (χ4v) is 2.57. The number of azo groups is 1. The molecule has 0 aliphatic rings. The van der Waals surface area contributed by atoms with E-state index in [2.05, 4.69) is 20.2 Å². The highest BCUT2D eigenvalue weighted by Gasteiger charge is 2.02. The van der Waals surface area contributed by atoms with Gasteiger partial charge in [-0.3, -0.25) is 4.98 Å². The third kappa shape index (κ3) is 2.79. The molecule has 0 spiro atoms. The van der Waals surface area contributed by atoms with Gasteiger partial charge in [0.2, 0.25) is 0 Å². The topological polar surface area (TPSA) is 70.7 Å². The first-order chi connectivity index (χ1) is 11.8. The van der Waals surface area contributed by atoms with Gasteiger partial charge in [-0.2, -0.15) is 10.2 Å². The highest BCUT2D eigenvalue weighted by molar-refractivity contribution is 5.84. The minimum absolute atomic E-state index is 0.173. The van der Waals surface area contributed by atoms with Gasteiger partial charge in [0.25, 0.3) is 0 Å². The average Bonchev–Trinajstić information content (AvgIpc) is 2.62. The SMILES string of the molecule is Oc1cccc2ccc(CN=Nc3ccc4cccnc4c3)nc12. The fourth-order valence-electron chi connectivity index (χ4n) is 2.57. The number of para-hydroxylation sites is 1. The molecular weight excluding hydrogens is 300 g/mol. The molecule has 0 atom stereocenters. The molecule has 5 heteroatoms. The van der Waals surface area contributed by atoms with Crippen molar-refractivity contribution in [3.63, 3.8) is 0 Å². The molecule has 2 aromatic heterocycles. The van der Waals surface area contributed by atoms with Gasteiger partial charge < -0.3 is 5.11 Å². The summed E-state index contributed by atoms with van der Waals surface area (Å²) in [6.45, 7) is 0.352. The van der Waals surface area contributed by atoms with E-state index in [9.17, 15) is 5.11 Å². The number of hydrogen-bond acceptors (Lipinski definition) is 5. The Morgan fingerprint density at radius 1 is 0.917 bits per heavy atom. The van der Waals surface area contributed by atoms with Crippen LogP contribution in [0.5, 0.6) is 5.75 Å². The van der Waals surface area contributed by atoms with E-state index < -0.39 is 0 Å². The summed E-state index contributed by atoms with van der Waals surface area (Å²) >= 11 is 0. The number of aromatic nitrogens is 2. The molecule has 2 heterocycles. The Kier molecular flexibility index (Phi) is 3.59. The van der Waals surface area contributed by atoms with E-state index in [0.717, 1.165) is 27.7 Å². The van der Waals surface area contributed by atoms with Crippen molar-refractivity contribution in [2.75, 3.05) is 0 Å². The largest absolute Gasteiger partial charge is 0.506 e. The summed E-state index contributed by atoms with van der Waals surface area (Å²) < 4.78 is 0. The van der Waals surface area contributed by atoms with Crippen molar-refractivity contribution >= 4 is 27.5 Å². The average molecular weight is 314 g/mol. The van der Waals surface area contributed by atoms with Gasteiger partial charge in [-0.1, -0.05) is 30.3 Å². The van der Waals surface area contributed by atoms with Crippen LogP contribution in [-0.2, 0) is 6.54 Å². The maximum Gasteiger partial charge on any atom is 0.141 e. The second-order valence-electron chi connectivity index (χ2n) is 5.43. The van der Waals surface area contributed by atoms with Crippen LogP contribution in [0.4, 0.5) is 5.69 Å². The molecule has 24 heavy (non-hydrogen) atoms. The normalized spacial score (nSPS) is 11.5. The zero-order valence-corrected chi connectivity index (χ0v) is 12.8. The Balaban J connectivity index is 1.57. The predicted molar refractivity (Wildman–Crippen MR) is 93.4 cm³/mol. The maximum atomic E-state index is 9.88. The van der Waals surface area contributed by atoms with Crippen LogP contribution in [0.2, 0.25) is 0 Å². The number of pyridine rings is 2. The lowest BCUT2D eigenvalue weighted by Crippen LogP contribution is -1.88. The number of phenolic OH excluding ortho intramolecular Hbond substituents is 1. The Morgan fingerprint density at radius 2 is 1.79 bits per heavy atom. The fraction of sp³-hybridized carbons (Fsp3) is 0.0526. The van der Waals surface area contributed by atoms with E-state index in [1.165, 1.54) is 0 Å². The Hall–Kier alpha value is -3.34. The molecule has 0 unspecified atom stereocenters. The van der Waals surface area contributed by atoms with Gasteiger partial charge in [-0.25, -0.2) is 4.98 Å². The van der Waals surface area contributed by atoms with E-state index in [0.29, 0.717) is 12.1 Å². The van der Waals surface area contributed by atoms with Crippen molar-refractivity contribution in [2.24, 2.45) is 10.2 Å². The van der Waals surface area contributed by atoms with E-state index >= 15 is 0 Å². The van der Waals surface area contributed by atoms with Crippen molar-refractivity contribution < 1.29 is 5.11 Å². The van der Waals surface area contributed by atoms with Crippen LogP contribution in [0.1, 0.15) is 5.69 Å². The van der Waals surface area contributed by atoms with Crippen LogP contribution in [-0.4, -0.2) is 15.1 Å². The van der Waals surface area contributed by atoms with Crippen LogP contribution in [0.15, 0.2) is 77.1 Å². The maximum absolute atomic E-state index is 9.88. The van der Waals surface area contributed by atoms with E-state index in [-0.39, 0.29) is 5.75 Å². The van der Waals surface area contributed by atoms with Crippen molar-refractivity contribution in [1.29, 1.82) is 0 Å². The molecule has 2 aromatic carbocycles. The first-order valence-electron chi connectivity index (χ1n) is 7.59. The predicted octanol–water partition coefficient (Wildman–Crippen LogP) is 4.77. The first-order valence-corrected chi connectivity index (χ1v) is 7.59. The lowest BCUT2D eigenvalue weighted by atomic mass is 10.2. The molecule has 0 radical (unpaired) electrons. The standard InChI is InChI=1S/C19H14N4O/c24-18-5-1-3-14-7-9-16(22-19(14)18)12-21-23-15-8-6-13-4-2-10-20-17(13)11-15/h1-11,24H,12H2. The quantitative estimate of drug-likeness (QED) is 0.553. The number of aromatic hydroxyl groups is 1. The van der Waals surface area contributed by atoms with Gasteiger partial charge in [0, 0.05) is 17.0 Å². The minimum atomic E-state index is 0.173. The third-order valence-electron chi connectivity index (χ3n) is 3.77. The summed E-state index contributed by atoms with van der Waals surface area (Å²) in [5.74, 6) is 0.173. The molecule has 1 N–H and O–H groups in total. The number of rotatable bonds is 3. The molecule has 5 nitrogen and oxygen atoms in total. The third-order valence-corrected chi connectivity index (χ3v) is 3.77. The van der Waals surface area contributed by atoms with Gasteiger partial charge >= 0.3 is 0 Å². The number of phenols is 1. The molecule has 116 valence electrons. The summed E-state index contributed by atoms with van der Waals surface area (Å²) in [7, 11) is 0. The lowest BCUT2D eigenvalue weighted by molar-refractivity contribution is 0.480. The summed E-state index contributed by atoms with van der Waals surface area (Å²) in [5, 5.41) is 20.3. The van der Waals surface area contributed by atoms with Crippen molar-refractivity contribution in [1.82, 2.24) is 9.97 Å². The van der Waals surface area contributed by atoms with Crippen LogP contribution in [0.25, 0.3) is 21.8 Å². The Morgan fingerprint density at radius 3 is 2.75 bits per heavy atom. The second kappa shape index (κ2) is 6.04. The summed E-state index contributed by atoms with van der Waals surface area (Å²) in [6, 6.07) is 18.9. The zero-order chi connectivity index (χ0) is 16.4. The summed E-state index contributed by atoms with van der Waals surface area (Å²) in [5.41, 5.74) is 2.99. The molecule has 4 aromatic rings. The van der Waals surface area contributed by atoms with Gasteiger partial charge in [0.05, 0.1) is 16.9 Å². The number of hydrogen-bond donors (Lipinski definition) is 1. The highest BCUT2D eigenvalue weighted by atomic mass is 16.3. The zero-order valence-electron chi connectivity index (χ0n) is 12.8. The minimum Gasteiger partial charge on any atom is -0.506 e. The Bertz CT molecular complexity index is 1060. The molecule has 0 saturated heterocycles. The van der Waals surface area contributed by atoms with Gasteiger partial charge in [-0.15, -0.1) is 0 Å². The number of nitrogens with zero attached hydrogens (tertiary/aromatic N) is 4. The smallest absolute Gasteiger partial charge is 0.141 e. The molecule has 4 rings (SSSR count). The van der Waals surface area contributed by atoms with Crippen molar-refractivity contribution in [2.45, 2.75) is 6.54 Å². The lowest BCUT2D eigenvalue weighted by Gasteiger charge is -2.02. The van der Waals surface area contributed by atoms with Crippen LogP contribution in [0, 0.1) is 0 Å². The van der Waals surface area contributed by atoms with E-state index in [4.69, 9.17) is 0 Å². The van der Waals surface area contributed by atoms with E-state index in [1.54, 1.807) is 18.3 Å². The van der Waals surface area contributed by atoms with Gasteiger partial charge in [0.15, 0.2) is 0 Å². The molecule has 0 fully saturated rings. The summed E-state index contributed by atoms with van der Waals surface area (Å²) in [4.78, 5) is 8.75. The molecule has 0 aliphatic heterocycles. The second-order valence-corrected chi connectivity index (χ2v) is 5.43. The summed E-state index contributed by atoms with van der Waals surface area (Å²) in [6.07, 6.45) is 1.76. The van der Waals surface area contributed by atoms with E-state index in [1.807, 2.05) is 48.5 Å². The van der Waals surface area contributed by atoms with Gasteiger partial charge in [-0.05, 0) is 30.3 Å². The van der Waals surface area contributed by atoms with Crippen molar-refractivity contribution in [3.05, 3.63) is 72.6 Å². The molecule has 0 amide bonds. The Labute approximate surface area is 138 Å². The molecule has 0 aliphatic carbocycles. The first kappa shape index (κ1) is 14.3. The van der Waals surface area contributed by atoms with Crippen LogP contribution >= 0.6 is 0 Å². The van der Waals surface area contributed by atoms with Crippen LogP contribution < -0.4 is 0 Å². The number of benzene rings is 2. The molecular formula is C19H14N4O. The van der Waals surface area contributed by atoms with Crippen molar-refractivity contribution in [3.8, 4) is 5.75 Å². The molecule has 0 saturated carbocycles. The number of fused-ring (bicyclic) bond motifs is 2.